The highest BCUT2D eigenvalue weighted by atomic mass is 16.2. The predicted octanol–water partition coefficient (Wildman–Crippen LogP) is 0.185. The lowest BCUT2D eigenvalue weighted by atomic mass is 9.74. The molecule has 76 valence electrons. The van der Waals surface area contributed by atoms with Gasteiger partial charge in [0.05, 0.1) is 11.8 Å². The molecule has 0 aromatic carbocycles. The second kappa shape index (κ2) is 3.44. The number of carbonyl (C=O) groups excluding carboxylic acids is 4. The summed E-state index contributed by atoms with van der Waals surface area (Å²) in [6, 6.07) is 0. The molecule has 4 heteroatoms. The zero-order valence-electron chi connectivity index (χ0n) is 8.37. The molecule has 4 nitrogen and oxygen atoms in total. The van der Waals surface area contributed by atoms with Gasteiger partial charge < -0.3 is 0 Å². The first-order valence-corrected chi connectivity index (χ1v) is 4.54. The number of rotatable bonds is 1. The standard InChI is InChI=1S/C10H12O4/c1-4(2)6-9(13)7(11)5(3)8(12)10(6)14/h4-6H,1-3H3. The third-order valence-electron chi connectivity index (χ3n) is 2.50. The summed E-state index contributed by atoms with van der Waals surface area (Å²) in [5.41, 5.74) is 0. The van der Waals surface area contributed by atoms with Crippen molar-refractivity contribution in [2.45, 2.75) is 20.8 Å². The van der Waals surface area contributed by atoms with Crippen molar-refractivity contribution in [2.75, 3.05) is 0 Å². The maximum Gasteiger partial charge on any atom is 0.210 e. The largest absolute Gasteiger partial charge is 0.290 e. The van der Waals surface area contributed by atoms with Crippen LogP contribution in [0.2, 0.25) is 0 Å². The predicted molar refractivity (Wildman–Crippen MR) is 47.5 cm³/mol. The zero-order valence-corrected chi connectivity index (χ0v) is 8.37. The molecule has 0 atom stereocenters. The maximum absolute atomic E-state index is 11.4. The molecular weight excluding hydrogens is 184 g/mol. The molecule has 0 aliphatic heterocycles. The molecular formula is C10H12O4. The Balaban J connectivity index is 3.11. The second-order valence-electron chi connectivity index (χ2n) is 3.90. The summed E-state index contributed by atoms with van der Waals surface area (Å²) in [5.74, 6) is -5.30. The molecule has 0 heterocycles. The number of carbonyl (C=O) groups is 4. The van der Waals surface area contributed by atoms with Gasteiger partial charge in [-0.3, -0.25) is 19.2 Å². The van der Waals surface area contributed by atoms with Crippen LogP contribution in [0.25, 0.3) is 0 Å². The van der Waals surface area contributed by atoms with Crippen molar-refractivity contribution in [2.24, 2.45) is 17.8 Å². The molecule has 0 amide bonds. The van der Waals surface area contributed by atoms with Gasteiger partial charge in [0.25, 0.3) is 0 Å². The minimum absolute atomic E-state index is 0.296. The Labute approximate surface area is 81.7 Å². The van der Waals surface area contributed by atoms with E-state index in [9.17, 15) is 19.2 Å². The Kier molecular flexibility index (Phi) is 2.64. The van der Waals surface area contributed by atoms with Crippen molar-refractivity contribution in [1.82, 2.24) is 0 Å². The topological polar surface area (TPSA) is 68.3 Å². The van der Waals surface area contributed by atoms with E-state index in [2.05, 4.69) is 0 Å². The molecule has 1 aliphatic carbocycles. The summed E-state index contributed by atoms with van der Waals surface area (Å²) in [4.78, 5) is 45.4. The molecule has 14 heavy (non-hydrogen) atoms. The van der Waals surface area contributed by atoms with E-state index in [0.717, 1.165) is 0 Å². The Hall–Kier alpha value is -1.32. The summed E-state index contributed by atoms with van der Waals surface area (Å²) in [6.07, 6.45) is 0. The number of hydrogen-bond acceptors (Lipinski definition) is 4. The van der Waals surface area contributed by atoms with E-state index in [1.807, 2.05) is 0 Å². The van der Waals surface area contributed by atoms with Crippen molar-refractivity contribution < 1.29 is 19.2 Å². The molecule has 1 saturated carbocycles. The minimum Gasteiger partial charge on any atom is -0.290 e. The minimum atomic E-state index is -1.08. The fourth-order valence-electron chi connectivity index (χ4n) is 1.58. The van der Waals surface area contributed by atoms with Gasteiger partial charge in [0.15, 0.2) is 0 Å². The lowest BCUT2D eigenvalue weighted by molar-refractivity contribution is -0.156. The van der Waals surface area contributed by atoms with Crippen LogP contribution >= 0.6 is 0 Å². The van der Waals surface area contributed by atoms with E-state index in [-0.39, 0.29) is 5.92 Å². The Morgan fingerprint density at radius 3 is 1.50 bits per heavy atom. The van der Waals surface area contributed by atoms with Gasteiger partial charge in [-0.25, -0.2) is 0 Å². The van der Waals surface area contributed by atoms with E-state index in [0.29, 0.717) is 0 Å². The lowest BCUT2D eigenvalue weighted by Gasteiger charge is -2.23. The average Bonchev–Trinajstić information content (AvgIpc) is 2.11. The van der Waals surface area contributed by atoms with Gasteiger partial charge in [-0.1, -0.05) is 13.8 Å². The molecule has 0 bridgehead atoms. The van der Waals surface area contributed by atoms with Crippen LogP contribution in [-0.4, -0.2) is 23.1 Å². The van der Waals surface area contributed by atoms with E-state index >= 15 is 0 Å². The van der Waals surface area contributed by atoms with Crippen molar-refractivity contribution in [3.8, 4) is 0 Å². The monoisotopic (exact) mass is 196 g/mol. The van der Waals surface area contributed by atoms with Gasteiger partial charge in [-0.15, -0.1) is 0 Å². The fourth-order valence-corrected chi connectivity index (χ4v) is 1.58. The van der Waals surface area contributed by atoms with E-state index in [4.69, 9.17) is 0 Å². The molecule has 1 fully saturated rings. The Morgan fingerprint density at radius 2 is 1.21 bits per heavy atom. The summed E-state index contributed by atoms with van der Waals surface area (Å²) < 4.78 is 0. The van der Waals surface area contributed by atoms with Crippen molar-refractivity contribution in [1.29, 1.82) is 0 Å². The first kappa shape index (κ1) is 10.8. The average molecular weight is 196 g/mol. The van der Waals surface area contributed by atoms with Gasteiger partial charge in [-0.05, 0) is 12.8 Å². The van der Waals surface area contributed by atoms with Crippen LogP contribution in [0.4, 0.5) is 0 Å². The summed E-state index contributed by atoms with van der Waals surface area (Å²) >= 11 is 0. The van der Waals surface area contributed by atoms with Crippen molar-refractivity contribution in [3.05, 3.63) is 0 Å². The first-order valence-electron chi connectivity index (χ1n) is 4.54. The van der Waals surface area contributed by atoms with Crippen LogP contribution < -0.4 is 0 Å². The molecule has 0 unspecified atom stereocenters. The molecule has 0 aromatic heterocycles. The Bertz CT molecular complexity index is 299. The van der Waals surface area contributed by atoms with Crippen LogP contribution in [0.3, 0.4) is 0 Å². The van der Waals surface area contributed by atoms with Gasteiger partial charge in [0.1, 0.15) is 0 Å². The third kappa shape index (κ3) is 1.41. The smallest absolute Gasteiger partial charge is 0.210 e. The maximum atomic E-state index is 11.4. The van der Waals surface area contributed by atoms with E-state index in [1.165, 1.54) is 6.92 Å². The molecule has 0 saturated heterocycles. The molecule has 0 radical (unpaired) electrons. The van der Waals surface area contributed by atoms with Gasteiger partial charge in [0.2, 0.25) is 23.1 Å². The highest BCUT2D eigenvalue weighted by Crippen LogP contribution is 2.23. The van der Waals surface area contributed by atoms with Crippen LogP contribution in [0.1, 0.15) is 20.8 Å². The van der Waals surface area contributed by atoms with E-state index < -0.39 is 35.0 Å². The fraction of sp³-hybridized carbons (Fsp3) is 0.600. The highest BCUT2D eigenvalue weighted by Gasteiger charge is 2.47. The Morgan fingerprint density at radius 1 is 0.857 bits per heavy atom. The quantitative estimate of drug-likeness (QED) is 0.443. The third-order valence-corrected chi connectivity index (χ3v) is 2.50. The molecule has 1 aliphatic rings. The zero-order chi connectivity index (χ0) is 11.0. The summed E-state index contributed by atoms with van der Waals surface area (Å²) in [6.45, 7) is 4.60. The number of ketones is 4. The summed E-state index contributed by atoms with van der Waals surface area (Å²) in [7, 11) is 0. The number of Topliss-reactive ketones (excluding diaryl/α,β-unsaturated/α-hetero) is 4. The molecule has 0 N–H and O–H groups in total. The molecule has 1 rings (SSSR count). The second-order valence-corrected chi connectivity index (χ2v) is 3.90. The van der Waals surface area contributed by atoms with E-state index in [1.54, 1.807) is 13.8 Å². The molecule has 0 aromatic rings. The van der Waals surface area contributed by atoms with Crippen LogP contribution in [-0.2, 0) is 19.2 Å². The van der Waals surface area contributed by atoms with Gasteiger partial charge >= 0.3 is 0 Å². The van der Waals surface area contributed by atoms with Gasteiger partial charge in [0, 0.05) is 0 Å². The lowest BCUT2D eigenvalue weighted by Crippen LogP contribution is -2.49. The molecule has 0 spiro atoms. The summed E-state index contributed by atoms with van der Waals surface area (Å²) in [5, 5.41) is 0. The first-order chi connectivity index (χ1) is 6.37. The SMILES string of the molecule is CC1C(=O)C(=O)C(C(C)C)C(=O)C1=O. The van der Waals surface area contributed by atoms with Crippen LogP contribution in [0, 0.1) is 17.8 Å². The van der Waals surface area contributed by atoms with Crippen LogP contribution in [0.15, 0.2) is 0 Å². The van der Waals surface area contributed by atoms with Crippen LogP contribution in [0.5, 0.6) is 0 Å². The number of hydrogen-bond donors (Lipinski definition) is 0. The highest BCUT2D eigenvalue weighted by molar-refractivity contribution is 6.60. The van der Waals surface area contributed by atoms with Gasteiger partial charge in [-0.2, -0.15) is 0 Å². The van der Waals surface area contributed by atoms with Crippen molar-refractivity contribution in [3.63, 3.8) is 0 Å². The van der Waals surface area contributed by atoms with Crippen molar-refractivity contribution >= 4 is 23.1 Å². The normalized spacial score (nSPS) is 28.9.